The van der Waals surface area contributed by atoms with Gasteiger partial charge in [0.2, 0.25) is 0 Å². The molecule has 1 aromatic carbocycles. The summed E-state index contributed by atoms with van der Waals surface area (Å²) in [6.45, 7) is 0. The van der Waals surface area contributed by atoms with E-state index in [4.69, 9.17) is 5.84 Å². The Bertz CT molecular complexity index is 580. The van der Waals surface area contributed by atoms with Crippen molar-refractivity contribution in [3.63, 3.8) is 0 Å². The van der Waals surface area contributed by atoms with Gasteiger partial charge in [0.05, 0.1) is 18.1 Å². The molecule has 1 aromatic heterocycles. The predicted octanol–water partition coefficient (Wildman–Crippen LogP) is 2.07. The van der Waals surface area contributed by atoms with Crippen LogP contribution in [0.2, 0.25) is 0 Å². The zero-order valence-corrected chi connectivity index (χ0v) is 11.3. The lowest BCUT2D eigenvalue weighted by Crippen LogP contribution is -2.29. The fraction of sp³-hybridized carbons (Fsp3) is 0.308. The maximum atomic E-state index is 12.1. The number of hydrogen-bond acceptors (Lipinski definition) is 4. The molecule has 2 rings (SSSR count). The highest BCUT2D eigenvalue weighted by molar-refractivity contribution is 5.28. The number of hydrazine groups is 1. The number of hydrogen-bond donors (Lipinski definition) is 2. The molecule has 1 atom stereocenters. The molecule has 0 amide bonds. The highest BCUT2D eigenvalue weighted by Crippen LogP contribution is 2.24. The second kappa shape index (κ2) is 6.15. The average molecular weight is 300 g/mol. The summed E-state index contributed by atoms with van der Waals surface area (Å²) in [5.74, 6) is 5.25. The standard InChI is InChI=1S/C13H15F3N4O/c1-20-7-12(18-8-20)11(19-17)6-9-2-4-10(5-3-9)21-13(14,15)16/h2-5,7-8,11,19H,6,17H2,1H3. The van der Waals surface area contributed by atoms with Crippen LogP contribution in [0.25, 0.3) is 0 Å². The summed E-state index contributed by atoms with van der Waals surface area (Å²) in [6.07, 6.45) is -0.706. The summed E-state index contributed by atoms with van der Waals surface area (Å²) >= 11 is 0. The molecule has 21 heavy (non-hydrogen) atoms. The monoisotopic (exact) mass is 300 g/mol. The summed E-state index contributed by atoms with van der Waals surface area (Å²) < 4.78 is 41.8. The number of nitrogens with two attached hydrogens (primary N) is 1. The van der Waals surface area contributed by atoms with Crippen molar-refractivity contribution in [2.24, 2.45) is 12.9 Å². The first-order valence-corrected chi connectivity index (χ1v) is 6.16. The van der Waals surface area contributed by atoms with Gasteiger partial charge >= 0.3 is 6.36 Å². The van der Waals surface area contributed by atoms with Gasteiger partial charge in [-0.25, -0.2) is 4.98 Å². The fourth-order valence-corrected chi connectivity index (χ4v) is 1.92. The summed E-state index contributed by atoms with van der Waals surface area (Å²) in [7, 11) is 1.84. The molecular formula is C13H15F3N4O. The quantitative estimate of drug-likeness (QED) is 0.655. The third-order valence-electron chi connectivity index (χ3n) is 2.88. The Hall–Kier alpha value is -2.06. The first-order valence-electron chi connectivity index (χ1n) is 6.16. The molecule has 0 saturated heterocycles. The summed E-state index contributed by atoms with van der Waals surface area (Å²) in [5, 5.41) is 0. The van der Waals surface area contributed by atoms with Crippen molar-refractivity contribution in [2.75, 3.05) is 0 Å². The van der Waals surface area contributed by atoms with Crippen LogP contribution in [-0.2, 0) is 13.5 Å². The zero-order chi connectivity index (χ0) is 15.5. The van der Waals surface area contributed by atoms with E-state index in [0.717, 1.165) is 11.3 Å². The fourth-order valence-electron chi connectivity index (χ4n) is 1.92. The van der Waals surface area contributed by atoms with E-state index in [9.17, 15) is 13.2 Å². The average Bonchev–Trinajstić information content (AvgIpc) is 2.82. The van der Waals surface area contributed by atoms with E-state index in [1.165, 1.54) is 12.1 Å². The Kier molecular flexibility index (Phi) is 4.49. The number of nitrogens with one attached hydrogen (secondary N) is 1. The van der Waals surface area contributed by atoms with E-state index in [-0.39, 0.29) is 11.8 Å². The number of benzene rings is 1. The Labute approximate surface area is 119 Å². The van der Waals surface area contributed by atoms with Crippen LogP contribution in [0.1, 0.15) is 17.3 Å². The minimum Gasteiger partial charge on any atom is -0.406 e. The van der Waals surface area contributed by atoms with Crippen molar-refractivity contribution >= 4 is 0 Å². The number of nitrogens with zero attached hydrogens (tertiary/aromatic N) is 2. The van der Waals surface area contributed by atoms with Gasteiger partial charge < -0.3 is 9.30 Å². The number of rotatable bonds is 5. The van der Waals surface area contributed by atoms with Crippen LogP contribution >= 0.6 is 0 Å². The Balaban J connectivity index is 2.05. The first-order chi connectivity index (χ1) is 9.87. The van der Waals surface area contributed by atoms with E-state index in [2.05, 4.69) is 15.1 Å². The van der Waals surface area contributed by atoms with Crippen LogP contribution in [0.3, 0.4) is 0 Å². The molecule has 0 aliphatic rings. The second-order valence-electron chi connectivity index (χ2n) is 4.58. The van der Waals surface area contributed by atoms with E-state index in [1.54, 1.807) is 23.0 Å². The van der Waals surface area contributed by atoms with Gasteiger partial charge in [-0.3, -0.25) is 11.3 Å². The Morgan fingerprint density at radius 2 is 2.00 bits per heavy atom. The van der Waals surface area contributed by atoms with Crippen LogP contribution in [0.15, 0.2) is 36.8 Å². The highest BCUT2D eigenvalue weighted by Gasteiger charge is 2.30. The molecule has 5 nitrogen and oxygen atoms in total. The number of alkyl halides is 3. The zero-order valence-electron chi connectivity index (χ0n) is 11.3. The van der Waals surface area contributed by atoms with Gasteiger partial charge in [-0.1, -0.05) is 12.1 Å². The van der Waals surface area contributed by atoms with Gasteiger partial charge in [-0.15, -0.1) is 13.2 Å². The third kappa shape index (κ3) is 4.47. The van der Waals surface area contributed by atoms with Crippen LogP contribution in [0.4, 0.5) is 13.2 Å². The molecular weight excluding hydrogens is 285 g/mol. The van der Waals surface area contributed by atoms with Crippen LogP contribution in [0.5, 0.6) is 5.75 Å². The molecule has 0 aliphatic heterocycles. The van der Waals surface area contributed by atoms with E-state index in [0.29, 0.717) is 6.42 Å². The van der Waals surface area contributed by atoms with Crippen LogP contribution in [-0.4, -0.2) is 15.9 Å². The molecule has 114 valence electrons. The number of aromatic nitrogens is 2. The molecule has 3 N–H and O–H groups in total. The molecule has 0 spiro atoms. The molecule has 0 saturated carbocycles. The van der Waals surface area contributed by atoms with Gasteiger partial charge in [0, 0.05) is 13.2 Å². The highest BCUT2D eigenvalue weighted by atomic mass is 19.4. The molecule has 0 fully saturated rings. The first kappa shape index (κ1) is 15.3. The Morgan fingerprint density at radius 3 is 2.48 bits per heavy atom. The number of ether oxygens (including phenoxy) is 1. The third-order valence-corrected chi connectivity index (χ3v) is 2.88. The molecule has 0 radical (unpaired) electrons. The summed E-state index contributed by atoms with van der Waals surface area (Å²) in [4.78, 5) is 4.20. The number of aryl methyl sites for hydroxylation is 1. The van der Waals surface area contributed by atoms with E-state index in [1.807, 2.05) is 13.2 Å². The molecule has 1 heterocycles. The van der Waals surface area contributed by atoms with Gasteiger partial charge in [0.25, 0.3) is 0 Å². The Morgan fingerprint density at radius 1 is 1.33 bits per heavy atom. The van der Waals surface area contributed by atoms with Crippen molar-refractivity contribution in [1.29, 1.82) is 0 Å². The van der Waals surface area contributed by atoms with E-state index < -0.39 is 6.36 Å². The maximum absolute atomic E-state index is 12.1. The molecule has 8 heteroatoms. The normalized spacial score (nSPS) is 13.2. The predicted molar refractivity (Wildman–Crippen MR) is 70.1 cm³/mol. The van der Waals surface area contributed by atoms with Crippen molar-refractivity contribution in [3.8, 4) is 5.75 Å². The maximum Gasteiger partial charge on any atom is 0.573 e. The molecule has 2 aromatic rings. The SMILES string of the molecule is Cn1cnc(C(Cc2ccc(OC(F)(F)F)cc2)NN)c1. The van der Waals surface area contributed by atoms with Crippen molar-refractivity contribution in [2.45, 2.75) is 18.8 Å². The number of halogens is 3. The molecule has 0 aliphatic carbocycles. The molecule has 1 unspecified atom stereocenters. The van der Waals surface area contributed by atoms with Gasteiger partial charge in [0.1, 0.15) is 5.75 Å². The minimum atomic E-state index is -4.68. The number of imidazole rings is 1. The summed E-state index contributed by atoms with van der Waals surface area (Å²) in [6, 6.07) is 5.45. The van der Waals surface area contributed by atoms with Crippen molar-refractivity contribution in [1.82, 2.24) is 15.0 Å². The van der Waals surface area contributed by atoms with Gasteiger partial charge in [-0.2, -0.15) is 0 Å². The van der Waals surface area contributed by atoms with Crippen LogP contribution in [0, 0.1) is 0 Å². The van der Waals surface area contributed by atoms with Gasteiger partial charge in [-0.05, 0) is 24.1 Å². The second-order valence-corrected chi connectivity index (χ2v) is 4.58. The van der Waals surface area contributed by atoms with Gasteiger partial charge in [0.15, 0.2) is 0 Å². The smallest absolute Gasteiger partial charge is 0.406 e. The van der Waals surface area contributed by atoms with Crippen LogP contribution < -0.4 is 16.0 Å². The minimum absolute atomic E-state index is 0.222. The lowest BCUT2D eigenvalue weighted by atomic mass is 10.0. The lowest BCUT2D eigenvalue weighted by molar-refractivity contribution is -0.274. The summed E-state index contributed by atoms with van der Waals surface area (Å²) in [5.41, 5.74) is 4.22. The van der Waals surface area contributed by atoms with E-state index >= 15 is 0 Å². The topological polar surface area (TPSA) is 65.1 Å². The lowest BCUT2D eigenvalue weighted by Gasteiger charge is -2.14. The van der Waals surface area contributed by atoms with Crippen molar-refractivity contribution in [3.05, 3.63) is 48.0 Å². The molecule has 0 bridgehead atoms. The van der Waals surface area contributed by atoms with Crippen molar-refractivity contribution < 1.29 is 17.9 Å². The largest absolute Gasteiger partial charge is 0.573 e.